The minimum absolute atomic E-state index is 0.149. The second-order valence-electron chi connectivity index (χ2n) is 7.74. The number of carbonyl (C=O) groups is 1. The van der Waals surface area contributed by atoms with Crippen molar-refractivity contribution in [2.75, 3.05) is 12.3 Å². The second-order valence-corrected chi connectivity index (χ2v) is 7.74. The molecule has 0 fully saturated rings. The number of anilines is 1. The molecule has 180 valence electrons. The molecule has 0 saturated heterocycles. The number of halogens is 6. The molecule has 1 atom stereocenters. The van der Waals surface area contributed by atoms with Crippen LogP contribution in [0.2, 0.25) is 0 Å². The molecule has 0 spiro atoms. The highest BCUT2D eigenvalue weighted by Crippen LogP contribution is 2.38. The lowest BCUT2D eigenvalue weighted by molar-refractivity contribution is -0.141. The average Bonchev–Trinajstić information content (AvgIpc) is 3.14. The van der Waals surface area contributed by atoms with E-state index in [0.29, 0.717) is 39.2 Å². The summed E-state index contributed by atoms with van der Waals surface area (Å²) in [6.45, 7) is -0.370. The van der Waals surface area contributed by atoms with Crippen LogP contribution in [0.1, 0.15) is 45.9 Å². The van der Waals surface area contributed by atoms with Crippen LogP contribution in [-0.2, 0) is 24.1 Å². The predicted octanol–water partition coefficient (Wildman–Crippen LogP) is 4.42. The first kappa shape index (κ1) is 23.7. The van der Waals surface area contributed by atoms with Crippen LogP contribution in [0.3, 0.4) is 0 Å². The summed E-state index contributed by atoms with van der Waals surface area (Å²) in [5, 5.41) is 0.464. The minimum atomic E-state index is -4.76. The lowest BCUT2D eigenvalue weighted by atomic mass is 10.0. The highest BCUT2D eigenvalue weighted by Gasteiger charge is 2.35. The molecule has 7 nitrogen and oxygen atoms in total. The number of nitrogens with zero attached hydrogens (tertiary/aromatic N) is 4. The van der Waals surface area contributed by atoms with Crippen LogP contribution in [0, 0.1) is 0 Å². The van der Waals surface area contributed by atoms with E-state index in [1.807, 2.05) is 0 Å². The number of nitrogens with two attached hydrogens (primary N) is 1. The maximum absolute atomic E-state index is 13.2. The first-order valence-electron chi connectivity index (χ1n) is 9.91. The van der Waals surface area contributed by atoms with Gasteiger partial charge in [0.15, 0.2) is 0 Å². The van der Waals surface area contributed by atoms with E-state index >= 15 is 0 Å². The molecule has 0 saturated carbocycles. The number of aromatic nitrogens is 3. The highest BCUT2D eigenvalue weighted by atomic mass is 19.4. The van der Waals surface area contributed by atoms with Gasteiger partial charge in [-0.3, -0.25) is 9.78 Å². The van der Waals surface area contributed by atoms with Crippen LogP contribution in [-0.4, -0.2) is 38.5 Å². The molecule has 34 heavy (non-hydrogen) atoms. The normalized spacial score (nSPS) is 16.0. The molecule has 3 aromatic rings. The molecule has 0 bridgehead atoms. The third kappa shape index (κ3) is 4.74. The topological polar surface area (TPSA) is 94.2 Å². The number of nitrogen functional groups attached to an aromatic ring is 1. The quantitative estimate of drug-likeness (QED) is 0.550. The van der Waals surface area contributed by atoms with Crippen molar-refractivity contribution in [1.82, 2.24) is 19.9 Å². The summed E-state index contributed by atoms with van der Waals surface area (Å²) in [7, 11) is 0. The van der Waals surface area contributed by atoms with Crippen molar-refractivity contribution in [3.8, 4) is 0 Å². The summed E-state index contributed by atoms with van der Waals surface area (Å²) in [5.74, 6) is -0.834. The largest absolute Gasteiger partial charge is 0.417 e. The van der Waals surface area contributed by atoms with Gasteiger partial charge in [0.2, 0.25) is 0 Å². The van der Waals surface area contributed by atoms with Crippen LogP contribution >= 0.6 is 0 Å². The van der Waals surface area contributed by atoms with E-state index in [-0.39, 0.29) is 29.9 Å². The molecule has 0 unspecified atom stereocenters. The Bertz CT molecular complexity index is 1240. The van der Waals surface area contributed by atoms with Gasteiger partial charge in [-0.25, -0.2) is 9.97 Å². The molecule has 4 heterocycles. The summed E-state index contributed by atoms with van der Waals surface area (Å²) >= 11 is 0. The third-order valence-electron chi connectivity index (χ3n) is 5.32. The Labute approximate surface area is 188 Å². The molecular weight excluding hydrogens is 468 g/mol. The van der Waals surface area contributed by atoms with Crippen LogP contribution in [0.4, 0.5) is 32.2 Å². The standard InChI is InChI=1S/C21H17F6N5O2/c1-10-17-14(8-34-10)13-4-15(30-6-16(13)31-18(17)28)19(33)32(9-20(22,23)24)7-12-3-2-11(5-29-12)21(25,26)27/h2-6,10H,7-9H2,1H3,(H2,28,31)/t10-/m1/s1. The van der Waals surface area contributed by atoms with Crippen LogP contribution in [0.5, 0.6) is 0 Å². The van der Waals surface area contributed by atoms with E-state index < -0.39 is 36.9 Å². The first-order valence-corrected chi connectivity index (χ1v) is 9.91. The zero-order valence-electron chi connectivity index (χ0n) is 17.5. The number of hydrogen-bond acceptors (Lipinski definition) is 6. The van der Waals surface area contributed by atoms with Gasteiger partial charge in [-0.05, 0) is 30.7 Å². The molecule has 2 N–H and O–H groups in total. The van der Waals surface area contributed by atoms with Gasteiger partial charge in [0.25, 0.3) is 5.91 Å². The van der Waals surface area contributed by atoms with Crippen molar-refractivity contribution in [1.29, 1.82) is 0 Å². The maximum Gasteiger partial charge on any atom is 0.417 e. The van der Waals surface area contributed by atoms with Crippen molar-refractivity contribution < 1.29 is 35.9 Å². The highest BCUT2D eigenvalue weighted by molar-refractivity contribution is 5.97. The maximum atomic E-state index is 13.2. The average molecular weight is 485 g/mol. The number of carbonyl (C=O) groups excluding carboxylic acids is 1. The zero-order chi connectivity index (χ0) is 24.8. The van der Waals surface area contributed by atoms with Crippen LogP contribution < -0.4 is 5.73 Å². The molecule has 4 rings (SSSR count). The third-order valence-corrected chi connectivity index (χ3v) is 5.32. The van der Waals surface area contributed by atoms with E-state index in [0.717, 1.165) is 6.07 Å². The summed E-state index contributed by atoms with van der Waals surface area (Å²) < 4.78 is 83.4. The fourth-order valence-corrected chi connectivity index (χ4v) is 3.75. The van der Waals surface area contributed by atoms with Gasteiger partial charge >= 0.3 is 12.4 Å². The number of fused-ring (bicyclic) bond motifs is 3. The SMILES string of the molecule is C[C@H]1OCc2c1c(N)nc1cnc(C(=O)N(Cc3ccc(C(F)(F)F)cn3)CC(F)(F)F)cc21. The van der Waals surface area contributed by atoms with Crippen molar-refractivity contribution >= 4 is 22.6 Å². The van der Waals surface area contributed by atoms with Crippen molar-refractivity contribution in [3.63, 3.8) is 0 Å². The van der Waals surface area contributed by atoms with Crippen molar-refractivity contribution in [2.24, 2.45) is 0 Å². The molecule has 1 amide bonds. The number of rotatable bonds is 4. The smallest absolute Gasteiger partial charge is 0.383 e. The summed E-state index contributed by atoms with van der Waals surface area (Å²) in [5.41, 5.74) is 6.12. The van der Waals surface area contributed by atoms with Crippen LogP contribution in [0.25, 0.3) is 10.9 Å². The number of hydrogen-bond donors (Lipinski definition) is 1. The fraction of sp³-hybridized carbons (Fsp3) is 0.333. The second kappa shape index (κ2) is 8.38. The number of pyridine rings is 3. The Morgan fingerprint density at radius 1 is 1.18 bits per heavy atom. The van der Waals surface area contributed by atoms with Gasteiger partial charge in [0.05, 0.1) is 42.2 Å². The van der Waals surface area contributed by atoms with E-state index in [9.17, 15) is 31.1 Å². The summed E-state index contributed by atoms with van der Waals surface area (Å²) in [6, 6.07) is 2.92. The Hall–Kier alpha value is -3.48. The minimum Gasteiger partial charge on any atom is -0.383 e. The van der Waals surface area contributed by atoms with Gasteiger partial charge in [-0.1, -0.05) is 0 Å². The lowest BCUT2D eigenvalue weighted by Gasteiger charge is -2.23. The number of amides is 1. The van der Waals surface area contributed by atoms with Gasteiger partial charge in [0.1, 0.15) is 18.1 Å². The lowest BCUT2D eigenvalue weighted by Crippen LogP contribution is -2.39. The molecule has 0 aliphatic carbocycles. The van der Waals surface area contributed by atoms with E-state index in [1.54, 1.807) is 6.92 Å². The van der Waals surface area contributed by atoms with Gasteiger partial charge in [-0.2, -0.15) is 26.3 Å². The molecule has 1 aliphatic rings. The molecular formula is C21H17F6N5O2. The Balaban J connectivity index is 1.68. The zero-order valence-corrected chi connectivity index (χ0v) is 17.5. The van der Waals surface area contributed by atoms with E-state index in [2.05, 4.69) is 15.0 Å². The Kier molecular flexibility index (Phi) is 5.84. The summed E-state index contributed by atoms with van der Waals surface area (Å²) in [6.07, 6.45) is -8.03. The summed E-state index contributed by atoms with van der Waals surface area (Å²) in [4.78, 5) is 25.2. The molecule has 0 aromatic carbocycles. The molecule has 1 aliphatic heterocycles. The van der Waals surface area contributed by atoms with Gasteiger partial charge in [0, 0.05) is 17.1 Å². The number of alkyl halides is 6. The Morgan fingerprint density at radius 3 is 2.53 bits per heavy atom. The first-order chi connectivity index (χ1) is 15.8. The molecule has 3 aromatic heterocycles. The van der Waals surface area contributed by atoms with E-state index in [1.165, 1.54) is 12.3 Å². The van der Waals surface area contributed by atoms with Gasteiger partial charge in [-0.15, -0.1) is 0 Å². The van der Waals surface area contributed by atoms with Crippen molar-refractivity contribution in [3.05, 3.63) is 58.7 Å². The Morgan fingerprint density at radius 2 is 1.91 bits per heavy atom. The number of ether oxygens (including phenoxy) is 1. The van der Waals surface area contributed by atoms with Gasteiger partial charge < -0.3 is 15.4 Å². The predicted molar refractivity (Wildman–Crippen MR) is 107 cm³/mol. The van der Waals surface area contributed by atoms with E-state index in [4.69, 9.17) is 10.5 Å². The fourth-order valence-electron chi connectivity index (χ4n) is 3.75. The monoisotopic (exact) mass is 485 g/mol. The molecule has 0 radical (unpaired) electrons. The molecule has 13 heteroatoms. The van der Waals surface area contributed by atoms with Crippen LogP contribution in [0.15, 0.2) is 30.6 Å². The van der Waals surface area contributed by atoms with Crippen molar-refractivity contribution in [2.45, 2.75) is 38.5 Å².